The third-order valence-corrected chi connectivity index (χ3v) is 1.97. The van der Waals surface area contributed by atoms with E-state index in [0.29, 0.717) is 5.56 Å². The number of nitrogens with zero attached hydrogens (tertiary/aromatic N) is 1. The van der Waals surface area contributed by atoms with Crippen molar-refractivity contribution < 1.29 is 12.9 Å². The maximum Gasteiger partial charge on any atom is 0.304 e. The van der Waals surface area contributed by atoms with Crippen molar-refractivity contribution in [3.05, 3.63) is 30.1 Å². The summed E-state index contributed by atoms with van der Waals surface area (Å²) in [5, 5.41) is 0. The lowest BCUT2D eigenvalue weighted by atomic mass is 10.1. The van der Waals surface area contributed by atoms with Crippen molar-refractivity contribution in [2.75, 3.05) is 0 Å². The summed E-state index contributed by atoms with van der Waals surface area (Å²) in [6, 6.07) is 3.34. The van der Waals surface area contributed by atoms with Crippen molar-refractivity contribution in [3.8, 4) is 0 Å². The first-order valence-corrected chi connectivity index (χ1v) is 4.55. The second-order valence-corrected chi connectivity index (χ2v) is 3.25. The average Bonchev–Trinajstić information content (AvgIpc) is 2.04. The van der Waals surface area contributed by atoms with Gasteiger partial charge >= 0.3 is 11.4 Å². The van der Waals surface area contributed by atoms with E-state index in [1.54, 1.807) is 18.3 Å². The van der Waals surface area contributed by atoms with E-state index in [9.17, 15) is 4.21 Å². The Morgan fingerprint density at radius 1 is 1.77 bits per heavy atom. The monoisotopic (exact) mass is 202 g/mol. The summed E-state index contributed by atoms with van der Waals surface area (Å²) in [6.45, 7) is 1.48. The lowest BCUT2D eigenvalue weighted by molar-refractivity contribution is 0.0999. The minimum atomic E-state index is -2.39. The Hall–Kier alpha value is -0.820. The van der Waals surface area contributed by atoms with E-state index in [1.165, 1.54) is 13.1 Å². The number of hydrogen-bond acceptors (Lipinski definition) is 4. The van der Waals surface area contributed by atoms with Gasteiger partial charge in [-0.1, -0.05) is 6.07 Å². The van der Waals surface area contributed by atoms with E-state index in [1.807, 2.05) is 0 Å². The number of hydrogen-bond donors (Lipinski definition) is 2. The Kier molecular flexibility index (Phi) is 3.10. The maximum absolute atomic E-state index is 10.4. The normalized spacial score (nSPS) is 17.8. The lowest BCUT2D eigenvalue weighted by Crippen LogP contribution is -2.36. The van der Waals surface area contributed by atoms with Crippen LogP contribution >= 0.6 is 0 Å². The zero-order valence-electron chi connectivity index (χ0n) is 7.01. The SMILES string of the molecule is CC(N)(OS(=O)O)c1cccnc1. The third-order valence-electron chi connectivity index (χ3n) is 1.48. The first-order chi connectivity index (χ1) is 6.02. The molecular formula is C7H10N2O3S. The Bertz CT molecular complexity index is 302. The molecule has 0 saturated heterocycles. The molecule has 0 fully saturated rings. The molecule has 1 rings (SSSR count). The highest BCUT2D eigenvalue weighted by atomic mass is 32.2. The molecule has 1 aromatic heterocycles. The van der Waals surface area contributed by atoms with Gasteiger partial charge in [0.05, 0.1) is 0 Å². The predicted molar refractivity (Wildman–Crippen MR) is 47.6 cm³/mol. The summed E-state index contributed by atoms with van der Waals surface area (Å²) in [4.78, 5) is 3.82. The van der Waals surface area contributed by atoms with Gasteiger partial charge in [0.1, 0.15) is 0 Å². The maximum atomic E-state index is 10.4. The Labute approximate surface area is 78.4 Å². The first kappa shape index (κ1) is 10.3. The molecule has 72 valence electrons. The minimum Gasteiger partial charge on any atom is -0.299 e. The summed E-state index contributed by atoms with van der Waals surface area (Å²) < 4.78 is 23.5. The fourth-order valence-electron chi connectivity index (χ4n) is 0.853. The largest absolute Gasteiger partial charge is 0.304 e. The number of nitrogens with two attached hydrogens (primary N) is 1. The molecule has 0 radical (unpaired) electrons. The summed E-state index contributed by atoms with van der Waals surface area (Å²) in [5.74, 6) is 0. The van der Waals surface area contributed by atoms with Crippen LogP contribution in [0, 0.1) is 0 Å². The van der Waals surface area contributed by atoms with Crippen LogP contribution in [0.25, 0.3) is 0 Å². The van der Waals surface area contributed by atoms with Gasteiger partial charge in [0.15, 0.2) is 5.72 Å². The molecule has 0 bridgehead atoms. The molecule has 0 spiro atoms. The predicted octanol–water partition coefficient (Wildman–Crippen LogP) is 0.366. The van der Waals surface area contributed by atoms with Gasteiger partial charge in [-0.25, -0.2) is 4.18 Å². The van der Waals surface area contributed by atoms with Gasteiger partial charge in [-0.2, -0.15) is 4.21 Å². The van der Waals surface area contributed by atoms with Crippen LogP contribution in [-0.4, -0.2) is 13.7 Å². The quantitative estimate of drug-likeness (QED) is 0.546. The fraction of sp³-hybridized carbons (Fsp3) is 0.286. The number of rotatable bonds is 3. The highest BCUT2D eigenvalue weighted by Crippen LogP contribution is 2.18. The molecule has 0 saturated carbocycles. The van der Waals surface area contributed by atoms with E-state index >= 15 is 0 Å². The summed E-state index contributed by atoms with van der Waals surface area (Å²) >= 11 is -2.39. The molecule has 0 aromatic carbocycles. The molecule has 1 heterocycles. The molecule has 5 nitrogen and oxygen atoms in total. The van der Waals surface area contributed by atoms with Crippen LogP contribution < -0.4 is 5.73 Å². The minimum absolute atomic E-state index is 0.539. The zero-order chi connectivity index (χ0) is 9.90. The molecule has 2 unspecified atom stereocenters. The van der Waals surface area contributed by atoms with Gasteiger partial charge in [0.25, 0.3) is 0 Å². The van der Waals surface area contributed by atoms with Crippen LogP contribution in [0.2, 0.25) is 0 Å². The average molecular weight is 202 g/mol. The molecule has 0 amide bonds. The molecule has 0 aliphatic carbocycles. The van der Waals surface area contributed by atoms with Crippen molar-refractivity contribution in [1.82, 2.24) is 4.98 Å². The van der Waals surface area contributed by atoms with E-state index in [-0.39, 0.29) is 0 Å². The summed E-state index contributed by atoms with van der Waals surface area (Å²) in [7, 11) is 0. The van der Waals surface area contributed by atoms with Gasteiger partial charge in [0, 0.05) is 18.0 Å². The molecule has 1 aromatic rings. The molecule has 0 aliphatic rings. The molecular weight excluding hydrogens is 192 g/mol. The highest BCUT2D eigenvalue weighted by Gasteiger charge is 2.24. The van der Waals surface area contributed by atoms with Crippen LogP contribution in [0.4, 0.5) is 0 Å². The molecule has 3 N–H and O–H groups in total. The molecule has 6 heteroatoms. The summed E-state index contributed by atoms with van der Waals surface area (Å²) in [5.41, 5.74) is 4.87. The van der Waals surface area contributed by atoms with Gasteiger partial charge in [0.2, 0.25) is 0 Å². The van der Waals surface area contributed by atoms with Crippen molar-refractivity contribution in [3.63, 3.8) is 0 Å². The number of aromatic nitrogens is 1. The van der Waals surface area contributed by atoms with Gasteiger partial charge in [-0.15, -0.1) is 0 Å². The second kappa shape index (κ2) is 3.93. The summed E-state index contributed by atoms with van der Waals surface area (Å²) in [6.07, 6.45) is 3.06. The lowest BCUT2D eigenvalue weighted by Gasteiger charge is -2.21. The van der Waals surface area contributed by atoms with Crippen LogP contribution in [0.3, 0.4) is 0 Å². The Balaban J connectivity index is 2.87. The van der Waals surface area contributed by atoms with Gasteiger partial charge < -0.3 is 0 Å². The fourth-order valence-corrected chi connectivity index (χ4v) is 1.25. The smallest absolute Gasteiger partial charge is 0.299 e. The number of pyridine rings is 1. The van der Waals surface area contributed by atoms with Crippen LogP contribution in [0.15, 0.2) is 24.5 Å². The Morgan fingerprint density at radius 2 is 2.46 bits per heavy atom. The highest BCUT2D eigenvalue weighted by molar-refractivity contribution is 7.74. The first-order valence-electron chi connectivity index (χ1n) is 3.52. The topological polar surface area (TPSA) is 85.4 Å². The molecule has 0 aliphatic heterocycles. The van der Waals surface area contributed by atoms with E-state index in [0.717, 1.165) is 0 Å². The van der Waals surface area contributed by atoms with Gasteiger partial charge in [-0.05, 0) is 13.0 Å². The van der Waals surface area contributed by atoms with Crippen LogP contribution in [0.1, 0.15) is 12.5 Å². The Morgan fingerprint density at radius 3 is 2.92 bits per heavy atom. The van der Waals surface area contributed by atoms with Crippen molar-refractivity contribution in [2.24, 2.45) is 5.73 Å². The standard InChI is InChI=1S/C7H10N2O3S/c1-7(8,12-13(10)11)6-3-2-4-9-5-6/h2-5H,8H2,1H3,(H,10,11). The van der Waals surface area contributed by atoms with Crippen LogP contribution in [0.5, 0.6) is 0 Å². The van der Waals surface area contributed by atoms with Crippen molar-refractivity contribution >= 4 is 11.4 Å². The van der Waals surface area contributed by atoms with Crippen molar-refractivity contribution in [1.29, 1.82) is 0 Å². The van der Waals surface area contributed by atoms with Crippen molar-refractivity contribution in [2.45, 2.75) is 12.6 Å². The van der Waals surface area contributed by atoms with E-state index in [4.69, 9.17) is 10.3 Å². The second-order valence-electron chi connectivity index (χ2n) is 2.65. The zero-order valence-corrected chi connectivity index (χ0v) is 7.82. The molecule has 13 heavy (non-hydrogen) atoms. The third kappa shape index (κ3) is 2.85. The molecule has 2 atom stereocenters. The van der Waals surface area contributed by atoms with E-state index in [2.05, 4.69) is 9.17 Å². The van der Waals surface area contributed by atoms with Crippen LogP contribution in [-0.2, 0) is 21.3 Å². The van der Waals surface area contributed by atoms with E-state index < -0.39 is 17.1 Å². The van der Waals surface area contributed by atoms with Gasteiger partial charge in [-0.3, -0.25) is 15.3 Å².